The largest absolute Gasteiger partial charge is 0.507 e. The highest BCUT2D eigenvalue weighted by Crippen LogP contribution is 2.55. The number of phenols is 7. The molecule has 0 spiro atoms. The van der Waals surface area contributed by atoms with Crippen LogP contribution in [0.4, 0.5) is 0 Å². The molecule has 3 heterocycles. The maximum Gasteiger partial charge on any atom is 0.187 e. The number of benzene rings is 4. The van der Waals surface area contributed by atoms with E-state index in [4.69, 9.17) is 23.7 Å². The molecule has 0 saturated carbocycles. The van der Waals surface area contributed by atoms with Crippen molar-refractivity contribution in [1.29, 1.82) is 0 Å². The van der Waals surface area contributed by atoms with Gasteiger partial charge in [-0.15, -0.1) is 0 Å². The molecule has 3 aliphatic heterocycles. The van der Waals surface area contributed by atoms with Crippen LogP contribution in [-0.4, -0.2) is 118 Å². The maximum absolute atomic E-state index is 11.5. The molecule has 0 amide bonds. The lowest BCUT2D eigenvalue weighted by Crippen LogP contribution is -2.60. The average Bonchev–Trinajstić information content (AvgIpc) is 3.16. The molecule has 1 fully saturated rings. The maximum atomic E-state index is 11.5. The molecule has 10 atom stereocenters. The van der Waals surface area contributed by atoms with Crippen LogP contribution in [0.2, 0.25) is 0 Å². The van der Waals surface area contributed by atoms with Crippen LogP contribution < -0.4 is 14.2 Å². The Labute approximate surface area is 318 Å². The van der Waals surface area contributed by atoms with Crippen LogP contribution in [0.1, 0.15) is 58.4 Å². The molecule has 17 nitrogen and oxygen atoms in total. The number of aromatic hydroxyl groups is 7. The Bertz CT molecular complexity index is 2120. The minimum Gasteiger partial charge on any atom is -0.507 e. The molecule has 0 aliphatic carbocycles. The van der Waals surface area contributed by atoms with Crippen LogP contribution in [0.25, 0.3) is 0 Å². The fraction of sp³-hybridized carbons (Fsp3) is 0.385. The van der Waals surface area contributed by atoms with E-state index in [0.717, 1.165) is 12.1 Å². The summed E-state index contributed by atoms with van der Waals surface area (Å²) >= 11 is 0. The molecule has 12 N–H and O–H groups in total. The Hall–Kier alpha value is -5.40. The molecule has 0 bridgehead atoms. The van der Waals surface area contributed by atoms with Crippen molar-refractivity contribution in [3.05, 3.63) is 81.9 Å². The number of rotatable bonds is 8. The van der Waals surface area contributed by atoms with Gasteiger partial charge in [-0.2, -0.15) is 0 Å². The third kappa shape index (κ3) is 6.66. The predicted octanol–water partition coefficient (Wildman–Crippen LogP) is 1.68. The van der Waals surface area contributed by atoms with E-state index in [1.807, 2.05) is 0 Å². The van der Waals surface area contributed by atoms with Crippen LogP contribution in [0, 0.1) is 0 Å². The highest BCUT2D eigenvalue weighted by molar-refractivity contribution is 5.66. The van der Waals surface area contributed by atoms with Crippen molar-refractivity contribution in [3.8, 4) is 57.5 Å². The van der Waals surface area contributed by atoms with Crippen molar-refractivity contribution in [2.45, 2.75) is 80.8 Å². The van der Waals surface area contributed by atoms with Gasteiger partial charge in [-0.1, -0.05) is 19.1 Å². The Morgan fingerprint density at radius 3 is 1.80 bits per heavy atom. The normalized spacial score (nSPS) is 27.7. The second kappa shape index (κ2) is 14.9. The van der Waals surface area contributed by atoms with Crippen LogP contribution in [0.5, 0.6) is 57.5 Å². The zero-order chi connectivity index (χ0) is 40.3. The second-order valence-electron chi connectivity index (χ2n) is 14.1. The second-order valence-corrected chi connectivity index (χ2v) is 14.1. The van der Waals surface area contributed by atoms with E-state index in [2.05, 4.69) is 0 Å². The van der Waals surface area contributed by atoms with Gasteiger partial charge < -0.3 is 85.0 Å². The topological polar surface area (TPSA) is 289 Å². The first-order chi connectivity index (χ1) is 26.6. The molecule has 300 valence electrons. The molecule has 4 aromatic carbocycles. The Morgan fingerprint density at radius 1 is 0.643 bits per heavy atom. The number of aliphatic hydroxyl groups excluding tert-OH is 5. The smallest absolute Gasteiger partial charge is 0.187 e. The van der Waals surface area contributed by atoms with E-state index in [1.165, 1.54) is 43.5 Å². The van der Waals surface area contributed by atoms with Crippen molar-refractivity contribution in [1.82, 2.24) is 0 Å². The Morgan fingerprint density at radius 2 is 1.21 bits per heavy atom. The molecule has 0 aromatic heterocycles. The highest BCUT2D eigenvalue weighted by Gasteiger charge is 2.48. The lowest BCUT2D eigenvalue weighted by molar-refractivity contribution is -0.317. The average molecular weight is 783 g/mol. The van der Waals surface area contributed by atoms with E-state index in [9.17, 15) is 61.3 Å². The number of phenolic OH excluding ortho intramolecular Hbond substituents is 7. The minimum atomic E-state index is -1.80. The molecular weight excluding hydrogens is 740 g/mol. The summed E-state index contributed by atoms with van der Waals surface area (Å²) in [6, 6.07) is 10.2. The molecule has 56 heavy (non-hydrogen) atoms. The number of hydrogen-bond acceptors (Lipinski definition) is 17. The first kappa shape index (κ1) is 38.9. The van der Waals surface area contributed by atoms with Gasteiger partial charge in [0.2, 0.25) is 0 Å². The summed E-state index contributed by atoms with van der Waals surface area (Å²) in [5.74, 6) is -3.92. The van der Waals surface area contributed by atoms with Crippen molar-refractivity contribution < 1.29 is 85.0 Å². The Kier molecular flexibility index (Phi) is 10.4. The summed E-state index contributed by atoms with van der Waals surface area (Å²) in [4.78, 5) is 0. The molecule has 4 aromatic rings. The van der Waals surface area contributed by atoms with Gasteiger partial charge >= 0.3 is 0 Å². The molecule has 5 unspecified atom stereocenters. The third-order valence-electron chi connectivity index (χ3n) is 10.6. The lowest BCUT2D eigenvalue weighted by atomic mass is 9.83. The van der Waals surface area contributed by atoms with E-state index >= 15 is 0 Å². The summed E-state index contributed by atoms with van der Waals surface area (Å²) < 4.78 is 29.8. The van der Waals surface area contributed by atoms with Crippen molar-refractivity contribution in [2.24, 2.45) is 0 Å². The van der Waals surface area contributed by atoms with Gasteiger partial charge in [0, 0.05) is 53.1 Å². The van der Waals surface area contributed by atoms with Gasteiger partial charge in [0.25, 0.3) is 0 Å². The predicted molar refractivity (Wildman–Crippen MR) is 190 cm³/mol. The molecular formula is C39H42O17. The van der Waals surface area contributed by atoms with Gasteiger partial charge in [0.1, 0.15) is 71.1 Å². The number of ether oxygens (including phenoxy) is 5. The zero-order valence-corrected chi connectivity index (χ0v) is 29.9. The van der Waals surface area contributed by atoms with Crippen LogP contribution in [-0.2, 0) is 22.3 Å². The van der Waals surface area contributed by atoms with Gasteiger partial charge in [-0.25, -0.2) is 0 Å². The molecule has 17 heteroatoms. The number of methoxy groups -OCH3 is 1. The third-order valence-corrected chi connectivity index (χ3v) is 10.6. The molecule has 1 saturated heterocycles. The fourth-order valence-corrected chi connectivity index (χ4v) is 7.69. The van der Waals surface area contributed by atoms with Crippen molar-refractivity contribution in [3.63, 3.8) is 0 Å². The Balaban J connectivity index is 1.32. The number of fused-ring (bicyclic) bond motifs is 2. The van der Waals surface area contributed by atoms with E-state index < -0.39 is 96.4 Å². The number of hydrogen-bond donors (Lipinski definition) is 12. The molecule has 0 radical (unpaired) electrons. The SMILES string of the molecule is COc1cc(C2Oc3c(c(O)cc(O)c3C(C)c3c(O)cc(O)c4c3OC(c3ccc(O)c(O)c3)C(O[C@@H]3O[C@H](CO)[C@@H](O)[C@H](O)[C@H]3O)C4)CC2O)ccc1O. The van der Waals surface area contributed by atoms with Gasteiger partial charge in [-0.05, 0) is 35.4 Å². The summed E-state index contributed by atoms with van der Waals surface area (Å²) in [7, 11) is 1.35. The van der Waals surface area contributed by atoms with E-state index in [0.29, 0.717) is 5.56 Å². The van der Waals surface area contributed by atoms with E-state index in [-0.39, 0.29) is 69.4 Å². The van der Waals surface area contributed by atoms with Gasteiger partial charge in [0.05, 0.1) is 19.8 Å². The first-order valence-electron chi connectivity index (χ1n) is 17.6. The van der Waals surface area contributed by atoms with Gasteiger partial charge in [-0.3, -0.25) is 0 Å². The van der Waals surface area contributed by atoms with Crippen LogP contribution >= 0.6 is 0 Å². The quantitative estimate of drug-likeness (QED) is 0.113. The summed E-state index contributed by atoms with van der Waals surface area (Å²) in [6.45, 7) is 0.860. The molecule has 3 aliphatic rings. The minimum absolute atomic E-state index is 0.0155. The summed E-state index contributed by atoms with van der Waals surface area (Å²) in [5, 5.41) is 128. The van der Waals surface area contributed by atoms with E-state index in [1.54, 1.807) is 6.92 Å². The first-order valence-corrected chi connectivity index (χ1v) is 17.6. The van der Waals surface area contributed by atoms with Gasteiger partial charge in [0.15, 0.2) is 35.4 Å². The van der Waals surface area contributed by atoms with Crippen LogP contribution in [0.15, 0.2) is 48.5 Å². The fourth-order valence-electron chi connectivity index (χ4n) is 7.69. The summed E-state index contributed by atoms with van der Waals surface area (Å²) in [6.07, 6.45) is -13.3. The van der Waals surface area contributed by atoms with Crippen molar-refractivity contribution >= 4 is 0 Å². The molecule has 7 rings (SSSR count). The van der Waals surface area contributed by atoms with Crippen LogP contribution in [0.3, 0.4) is 0 Å². The number of aliphatic hydroxyl groups is 5. The standard InChI is InChI=1S/C39H42O17/c1-14(30-24(46)11-21(43)17-9-26(48)35(55-37(17)30)16-4-6-20(42)27(8-16)52-2)31-25(47)12-22(44)18-10-28(53-39-34(51)33(50)32(49)29(13-40)54-39)36(56-38(18)31)15-3-5-19(41)23(45)7-15/h3-8,11-12,14,26,28-29,32-36,39-51H,9-10,13H2,1-2H3/t14?,26?,28?,29-,32-,33+,34-,35?,36?,39-/m1/s1. The van der Waals surface area contributed by atoms with Crippen molar-refractivity contribution in [2.75, 3.05) is 13.7 Å². The highest BCUT2D eigenvalue weighted by atomic mass is 16.7. The monoisotopic (exact) mass is 782 g/mol. The zero-order valence-electron chi connectivity index (χ0n) is 29.9. The lowest BCUT2D eigenvalue weighted by Gasteiger charge is -2.43. The summed E-state index contributed by atoms with van der Waals surface area (Å²) in [5.41, 5.74) is 0.923.